The number of methoxy groups -OCH3 is 1. The number of hydrogen-bond donors (Lipinski definition) is 1. The molecule has 1 saturated heterocycles. The molecule has 0 aliphatic carbocycles. The summed E-state index contributed by atoms with van der Waals surface area (Å²) in [6, 6.07) is 8.91. The van der Waals surface area contributed by atoms with Crippen LogP contribution in [0, 0.1) is 0 Å². The van der Waals surface area contributed by atoms with Gasteiger partial charge in [-0.2, -0.15) is 0 Å². The number of piperidine rings is 1. The Morgan fingerprint density at radius 2 is 1.90 bits per heavy atom. The first kappa shape index (κ1) is 15.3. The van der Waals surface area contributed by atoms with E-state index >= 15 is 0 Å². The smallest absolute Gasteiger partial charge is 0.123 e. The number of rotatable bonds is 5. The summed E-state index contributed by atoms with van der Waals surface area (Å²) < 4.78 is 5.51. The van der Waals surface area contributed by atoms with Crippen molar-refractivity contribution in [2.75, 3.05) is 26.7 Å². The minimum Gasteiger partial charge on any atom is -0.496 e. The van der Waals surface area contributed by atoms with E-state index in [1.54, 1.807) is 7.11 Å². The Hall–Kier alpha value is -1.06. The van der Waals surface area contributed by atoms with Crippen molar-refractivity contribution in [3.8, 4) is 5.75 Å². The number of likely N-dealkylation sites (tertiary alicyclic amines) is 1. The summed E-state index contributed by atoms with van der Waals surface area (Å²) in [6.45, 7) is 10.3. The van der Waals surface area contributed by atoms with Gasteiger partial charge in [0.1, 0.15) is 5.75 Å². The topological polar surface area (TPSA) is 24.5 Å². The standard InChI is InChI=1S/C17H28N2O/c1-5-19-12-10-14(11-13-19)18-17(2,3)15-8-6-7-9-16(15)20-4/h6-9,14,18H,5,10-13H2,1-4H3. The fraction of sp³-hybridized carbons (Fsp3) is 0.647. The van der Waals surface area contributed by atoms with E-state index in [4.69, 9.17) is 4.74 Å². The molecule has 1 N–H and O–H groups in total. The van der Waals surface area contributed by atoms with Crippen LogP contribution in [0.3, 0.4) is 0 Å². The third kappa shape index (κ3) is 3.53. The summed E-state index contributed by atoms with van der Waals surface area (Å²) >= 11 is 0. The molecule has 1 aliphatic heterocycles. The maximum absolute atomic E-state index is 5.51. The number of nitrogens with zero attached hydrogens (tertiary/aromatic N) is 1. The van der Waals surface area contributed by atoms with Crippen LogP contribution in [0.25, 0.3) is 0 Å². The Morgan fingerprint density at radius 3 is 2.50 bits per heavy atom. The van der Waals surface area contributed by atoms with Crippen LogP contribution in [0.4, 0.5) is 0 Å². The molecule has 0 bridgehead atoms. The van der Waals surface area contributed by atoms with Crippen LogP contribution in [0.5, 0.6) is 5.75 Å². The Bertz CT molecular complexity index is 423. The van der Waals surface area contributed by atoms with Gasteiger partial charge in [-0.15, -0.1) is 0 Å². The highest BCUT2D eigenvalue weighted by molar-refractivity contribution is 5.38. The van der Waals surface area contributed by atoms with Crippen molar-refractivity contribution >= 4 is 0 Å². The maximum Gasteiger partial charge on any atom is 0.123 e. The number of ether oxygens (including phenoxy) is 1. The van der Waals surface area contributed by atoms with Gasteiger partial charge in [0.05, 0.1) is 7.11 Å². The summed E-state index contributed by atoms with van der Waals surface area (Å²) in [6.07, 6.45) is 2.46. The van der Waals surface area contributed by atoms with Crippen LogP contribution in [0.15, 0.2) is 24.3 Å². The molecule has 2 rings (SSSR count). The molecule has 1 heterocycles. The average molecular weight is 276 g/mol. The van der Waals surface area contributed by atoms with Crippen molar-refractivity contribution in [3.63, 3.8) is 0 Å². The Morgan fingerprint density at radius 1 is 1.25 bits per heavy atom. The first-order chi connectivity index (χ1) is 9.56. The molecule has 0 amide bonds. The molecule has 0 atom stereocenters. The van der Waals surface area contributed by atoms with E-state index in [1.807, 2.05) is 12.1 Å². The van der Waals surface area contributed by atoms with Gasteiger partial charge in [0, 0.05) is 17.1 Å². The second-order valence-corrected chi connectivity index (χ2v) is 6.18. The van der Waals surface area contributed by atoms with Gasteiger partial charge < -0.3 is 15.0 Å². The van der Waals surface area contributed by atoms with Crippen LogP contribution in [0.2, 0.25) is 0 Å². The lowest BCUT2D eigenvalue weighted by atomic mass is 9.90. The molecule has 1 fully saturated rings. The highest BCUT2D eigenvalue weighted by Gasteiger charge is 2.28. The zero-order valence-corrected chi connectivity index (χ0v) is 13.3. The van der Waals surface area contributed by atoms with E-state index < -0.39 is 0 Å². The zero-order chi connectivity index (χ0) is 14.6. The second kappa shape index (κ2) is 6.59. The lowest BCUT2D eigenvalue weighted by Crippen LogP contribution is -2.49. The van der Waals surface area contributed by atoms with Crippen LogP contribution in [-0.4, -0.2) is 37.7 Å². The number of benzene rings is 1. The van der Waals surface area contributed by atoms with E-state index in [1.165, 1.54) is 38.0 Å². The highest BCUT2D eigenvalue weighted by atomic mass is 16.5. The van der Waals surface area contributed by atoms with E-state index in [9.17, 15) is 0 Å². The molecular weight excluding hydrogens is 248 g/mol. The van der Waals surface area contributed by atoms with E-state index in [0.717, 1.165) is 5.75 Å². The zero-order valence-electron chi connectivity index (χ0n) is 13.3. The molecule has 112 valence electrons. The quantitative estimate of drug-likeness (QED) is 0.894. The van der Waals surface area contributed by atoms with Crippen molar-refractivity contribution < 1.29 is 4.74 Å². The molecule has 0 radical (unpaired) electrons. The predicted molar refractivity (Wildman–Crippen MR) is 84.3 cm³/mol. The molecule has 0 unspecified atom stereocenters. The van der Waals surface area contributed by atoms with Gasteiger partial charge in [0.15, 0.2) is 0 Å². The summed E-state index contributed by atoms with van der Waals surface area (Å²) in [5, 5.41) is 3.82. The normalized spacial score (nSPS) is 18.2. The highest BCUT2D eigenvalue weighted by Crippen LogP contribution is 2.30. The third-order valence-electron chi connectivity index (χ3n) is 4.38. The van der Waals surface area contributed by atoms with Gasteiger partial charge in [0.25, 0.3) is 0 Å². The second-order valence-electron chi connectivity index (χ2n) is 6.18. The molecule has 1 aromatic carbocycles. The van der Waals surface area contributed by atoms with Crippen molar-refractivity contribution in [2.24, 2.45) is 0 Å². The van der Waals surface area contributed by atoms with Gasteiger partial charge in [0.2, 0.25) is 0 Å². The lowest BCUT2D eigenvalue weighted by molar-refractivity contribution is 0.183. The van der Waals surface area contributed by atoms with Gasteiger partial charge in [-0.3, -0.25) is 0 Å². The van der Waals surface area contributed by atoms with Gasteiger partial charge in [-0.1, -0.05) is 25.1 Å². The summed E-state index contributed by atoms with van der Waals surface area (Å²) in [5.41, 5.74) is 1.17. The Balaban J connectivity index is 2.04. The summed E-state index contributed by atoms with van der Waals surface area (Å²) in [7, 11) is 1.74. The minimum atomic E-state index is -0.0638. The molecular formula is C17H28N2O. The van der Waals surface area contributed by atoms with Crippen molar-refractivity contribution in [3.05, 3.63) is 29.8 Å². The monoisotopic (exact) mass is 276 g/mol. The van der Waals surface area contributed by atoms with Crippen LogP contribution < -0.4 is 10.1 Å². The molecule has 20 heavy (non-hydrogen) atoms. The molecule has 0 saturated carbocycles. The average Bonchev–Trinajstić information content (AvgIpc) is 2.47. The summed E-state index contributed by atoms with van der Waals surface area (Å²) in [5.74, 6) is 0.969. The van der Waals surface area contributed by atoms with Crippen LogP contribution >= 0.6 is 0 Å². The number of hydrogen-bond acceptors (Lipinski definition) is 3. The SMILES string of the molecule is CCN1CCC(NC(C)(C)c2ccccc2OC)CC1. The molecule has 3 heteroatoms. The third-order valence-corrected chi connectivity index (χ3v) is 4.38. The first-order valence-electron chi connectivity index (χ1n) is 7.70. The van der Waals surface area contributed by atoms with Crippen LogP contribution in [-0.2, 0) is 5.54 Å². The Kier molecular flexibility index (Phi) is 5.06. The molecule has 1 aliphatic rings. The summed E-state index contributed by atoms with van der Waals surface area (Å²) in [4.78, 5) is 2.52. The number of nitrogens with one attached hydrogen (secondary N) is 1. The molecule has 0 spiro atoms. The van der Waals surface area contributed by atoms with Crippen LogP contribution in [0.1, 0.15) is 39.2 Å². The van der Waals surface area contributed by atoms with E-state index in [0.29, 0.717) is 6.04 Å². The number of para-hydroxylation sites is 1. The fourth-order valence-electron chi connectivity index (χ4n) is 3.14. The molecule has 0 aromatic heterocycles. The molecule has 3 nitrogen and oxygen atoms in total. The molecule has 1 aromatic rings. The van der Waals surface area contributed by atoms with Gasteiger partial charge in [-0.25, -0.2) is 0 Å². The van der Waals surface area contributed by atoms with E-state index in [2.05, 4.69) is 43.1 Å². The fourth-order valence-corrected chi connectivity index (χ4v) is 3.14. The lowest BCUT2D eigenvalue weighted by Gasteiger charge is -2.38. The minimum absolute atomic E-state index is 0.0638. The Labute approximate surface area is 123 Å². The first-order valence-corrected chi connectivity index (χ1v) is 7.70. The predicted octanol–water partition coefficient (Wildman–Crippen LogP) is 3.00. The van der Waals surface area contributed by atoms with Crippen molar-refractivity contribution in [2.45, 2.75) is 45.2 Å². The van der Waals surface area contributed by atoms with Crippen molar-refractivity contribution in [1.82, 2.24) is 10.2 Å². The largest absolute Gasteiger partial charge is 0.496 e. The van der Waals surface area contributed by atoms with Gasteiger partial charge >= 0.3 is 0 Å². The maximum atomic E-state index is 5.51. The van der Waals surface area contributed by atoms with E-state index in [-0.39, 0.29) is 5.54 Å². The van der Waals surface area contributed by atoms with Gasteiger partial charge in [-0.05, 0) is 52.4 Å². The van der Waals surface area contributed by atoms with Crippen molar-refractivity contribution in [1.29, 1.82) is 0 Å².